The lowest BCUT2D eigenvalue weighted by Gasteiger charge is -2.06. The van der Waals surface area contributed by atoms with Crippen molar-refractivity contribution in [3.05, 3.63) is 75.9 Å². The van der Waals surface area contributed by atoms with Crippen molar-refractivity contribution in [1.82, 2.24) is 9.78 Å². The molecule has 0 unspecified atom stereocenters. The number of furan rings is 1. The molecule has 0 atom stereocenters. The molecule has 0 fully saturated rings. The van der Waals surface area contributed by atoms with Crippen LogP contribution < -0.4 is 4.74 Å². The van der Waals surface area contributed by atoms with Crippen LogP contribution in [0.25, 0.3) is 6.08 Å². The second kappa shape index (κ2) is 7.59. The van der Waals surface area contributed by atoms with Crippen LogP contribution in [0.3, 0.4) is 0 Å². The van der Waals surface area contributed by atoms with E-state index in [-0.39, 0.29) is 12.4 Å². The van der Waals surface area contributed by atoms with Crippen molar-refractivity contribution < 1.29 is 13.9 Å². The molecule has 1 aromatic carbocycles. The molecule has 3 rings (SSSR count). The molecule has 7 heteroatoms. The lowest BCUT2D eigenvalue weighted by molar-refractivity contribution is 0.103. The van der Waals surface area contributed by atoms with Crippen LogP contribution in [-0.2, 0) is 13.7 Å². The molecule has 5 nitrogen and oxygen atoms in total. The van der Waals surface area contributed by atoms with E-state index in [0.717, 1.165) is 0 Å². The van der Waals surface area contributed by atoms with Gasteiger partial charge in [-0.25, -0.2) is 0 Å². The van der Waals surface area contributed by atoms with Crippen LogP contribution in [0.5, 0.6) is 5.75 Å². The van der Waals surface area contributed by atoms with E-state index in [0.29, 0.717) is 33.0 Å². The molecule has 0 N–H and O–H groups in total. The zero-order valence-corrected chi connectivity index (χ0v) is 14.8. The number of nitrogens with zero attached hydrogens (tertiary/aromatic N) is 2. The second-order valence-electron chi connectivity index (χ2n) is 5.21. The Labute approximate surface area is 154 Å². The maximum absolute atomic E-state index is 12.0. The monoisotopic (exact) mass is 376 g/mol. The number of benzene rings is 1. The minimum absolute atomic E-state index is 0.151. The summed E-state index contributed by atoms with van der Waals surface area (Å²) in [5.74, 6) is 1.53. The number of hydrogen-bond acceptors (Lipinski definition) is 4. The summed E-state index contributed by atoms with van der Waals surface area (Å²) >= 11 is 11.9. The van der Waals surface area contributed by atoms with Crippen molar-refractivity contribution in [2.24, 2.45) is 7.05 Å². The minimum atomic E-state index is -0.151. The maximum Gasteiger partial charge on any atom is 0.203 e. The summed E-state index contributed by atoms with van der Waals surface area (Å²) < 4.78 is 12.7. The third-order valence-electron chi connectivity index (χ3n) is 3.42. The third-order valence-corrected chi connectivity index (χ3v) is 3.95. The van der Waals surface area contributed by atoms with Gasteiger partial charge in [-0.1, -0.05) is 23.2 Å². The van der Waals surface area contributed by atoms with Gasteiger partial charge in [-0.2, -0.15) is 5.10 Å². The number of carbonyl (C=O) groups excluding carboxylic acids is 1. The van der Waals surface area contributed by atoms with Gasteiger partial charge in [0.1, 0.15) is 29.6 Å². The molecule has 0 saturated carbocycles. The molecule has 0 amide bonds. The van der Waals surface area contributed by atoms with Crippen LogP contribution in [0.4, 0.5) is 0 Å². The van der Waals surface area contributed by atoms with Gasteiger partial charge in [0.2, 0.25) is 5.78 Å². The van der Waals surface area contributed by atoms with Gasteiger partial charge in [0.25, 0.3) is 0 Å². The number of aryl methyl sites for hydroxylation is 1. The normalized spacial score (nSPS) is 11.2. The van der Waals surface area contributed by atoms with Crippen molar-refractivity contribution in [3.8, 4) is 5.75 Å². The van der Waals surface area contributed by atoms with Gasteiger partial charge in [-0.3, -0.25) is 9.48 Å². The molecule has 0 spiro atoms. The number of hydrogen-bond donors (Lipinski definition) is 0. The Hall–Kier alpha value is -2.50. The summed E-state index contributed by atoms with van der Waals surface area (Å²) in [6, 6.07) is 10.2. The molecule has 25 heavy (non-hydrogen) atoms. The van der Waals surface area contributed by atoms with E-state index >= 15 is 0 Å². The summed E-state index contributed by atoms with van der Waals surface area (Å²) in [6.07, 6.45) is 4.62. The Kier molecular flexibility index (Phi) is 5.26. The highest BCUT2D eigenvalue weighted by molar-refractivity contribution is 6.35. The van der Waals surface area contributed by atoms with E-state index in [2.05, 4.69) is 5.10 Å². The van der Waals surface area contributed by atoms with E-state index in [1.807, 2.05) is 0 Å². The summed E-state index contributed by atoms with van der Waals surface area (Å²) in [6.45, 7) is 0.213. The fourth-order valence-electron chi connectivity index (χ4n) is 2.16. The number of ether oxygens (including phenoxy) is 1. The van der Waals surface area contributed by atoms with E-state index in [1.54, 1.807) is 55.7 Å². The predicted molar refractivity (Wildman–Crippen MR) is 96.1 cm³/mol. The van der Waals surface area contributed by atoms with Gasteiger partial charge in [-0.15, -0.1) is 0 Å². The highest BCUT2D eigenvalue weighted by Crippen LogP contribution is 2.28. The zero-order chi connectivity index (χ0) is 17.8. The van der Waals surface area contributed by atoms with E-state index < -0.39 is 0 Å². The Morgan fingerprint density at radius 3 is 2.84 bits per heavy atom. The zero-order valence-electron chi connectivity index (χ0n) is 13.3. The first-order valence-electron chi connectivity index (χ1n) is 7.40. The summed E-state index contributed by atoms with van der Waals surface area (Å²) in [7, 11) is 1.71. The minimum Gasteiger partial charge on any atom is -0.484 e. The van der Waals surface area contributed by atoms with Gasteiger partial charge in [0.05, 0.1) is 5.02 Å². The topological polar surface area (TPSA) is 57.3 Å². The molecule has 2 aromatic heterocycles. The van der Waals surface area contributed by atoms with Gasteiger partial charge >= 0.3 is 0 Å². The smallest absolute Gasteiger partial charge is 0.203 e. The quantitative estimate of drug-likeness (QED) is 0.458. The molecule has 0 radical (unpaired) electrons. The molecular formula is C18H14Cl2N2O3. The Balaban J connectivity index is 1.61. The van der Waals surface area contributed by atoms with Crippen LogP contribution in [0, 0.1) is 0 Å². The van der Waals surface area contributed by atoms with Crippen molar-refractivity contribution in [2.75, 3.05) is 0 Å². The van der Waals surface area contributed by atoms with Gasteiger partial charge in [0.15, 0.2) is 0 Å². The van der Waals surface area contributed by atoms with Crippen LogP contribution in [-0.4, -0.2) is 15.6 Å². The molecule has 0 saturated heterocycles. The van der Waals surface area contributed by atoms with Crippen LogP contribution in [0.1, 0.15) is 22.0 Å². The molecule has 0 aliphatic carbocycles. The summed E-state index contributed by atoms with van der Waals surface area (Å²) in [5, 5.41) is 4.94. The van der Waals surface area contributed by atoms with Crippen LogP contribution in [0.15, 0.2) is 53.1 Å². The maximum atomic E-state index is 12.0. The Bertz CT molecular complexity index is 928. The summed E-state index contributed by atoms with van der Waals surface area (Å²) in [5.41, 5.74) is 0.503. The average molecular weight is 377 g/mol. The Morgan fingerprint density at radius 1 is 1.28 bits per heavy atom. The van der Waals surface area contributed by atoms with Gasteiger partial charge in [-0.05, 0) is 48.6 Å². The van der Waals surface area contributed by atoms with Crippen molar-refractivity contribution in [1.29, 1.82) is 0 Å². The van der Waals surface area contributed by atoms with Crippen LogP contribution in [0.2, 0.25) is 10.0 Å². The van der Waals surface area contributed by atoms with Gasteiger partial charge < -0.3 is 9.15 Å². The van der Waals surface area contributed by atoms with Crippen molar-refractivity contribution >= 4 is 35.1 Å². The fourth-order valence-corrected chi connectivity index (χ4v) is 2.62. The van der Waals surface area contributed by atoms with E-state index in [9.17, 15) is 4.79 Å². The molecule has 0 bridgehead atoms. The molecule has 0 aliphatic rings. The summed E-state index contributed by atoms with van der Waals surface area (Å²) in [4.78, 5) is 12.0. The lowest BCUT2D eigenvalue weighted by Crippen LogP contribution is -2.03. The Morgan fingerprint density at radius 2 is 2.12 bits per heavy atom. The average Bonchev–Trinajstić information content (AvgIpc) is 3.21. The third kappa shape index (κ3) is 4.32. The van der Waals surface area contributed by atoms with Crippen LogP contribution >= 0.6 is 23.2 Å². The number of carbonyl (C=O) groups is 1. The molecule has 3 aromatic rings. The highest BCUT2D eigenvalue weighted by atomic mass is 35.5. The first-order valence-corrected chi connectivity index (χ1v) is 8.15. The molecule has 0 aliphatic heterocycles. The number of ketones is 1. The van der Waals surface area contributed by atoms with E-state index in [4.69, 9.17) is 32.4 Å². The number of allylic oxidation sites excluding steroid dienone is 1. The fraction of sp³-hybridized carbons (Fsp3) is 0.111. The standard InChI is InChI=1S/C18H14Cl2N2O3/c1-22-16(8-9-21-22)17(23)6-5-13-3-4-14(25-13)11-24-18-7-2-12(19)10-15(18)20/h2-10H,11H2,1H3. The number of rotatable bonds is 6. The highest BCUT2D eigenvalue weighted by Gasteiger charge is 2.08. The molecular weight excluding hydrogens is 363 g/mol. The first kappa shape index (κ1) is 17.3. The van der Waals surface area contributed by atoms with Crippen molar-refractivity contribution in [3.63, 3.8) is 0 Å². The van der Waals surface area contributed by atoms with Crippen molar-refractivity contribution in [2.45, 2.75) is 6.61 Å². The predicted octanol–water partition coefficient (Wildman–Crippen LogP) is 4.80. The largest absolute Gasteiger partial charge is 0.484 e. The van der Waals surface area contributed by atoms with E-state index in [1.165, 1.54) is 10.8 Å². The van der Waals surface area contributed by atoms with Gasteiger partial charge in [0, 0.05) is 18.3 Å². The lowest BCUT2D eigenvalue weighted by atomic mass is 10.2. The number of halogens is 2. The molecule has 2 heterocycles. The first-order chi connectivity index (χ1) is 12.0. The molecule has 128 valence electrons. The SMILES string of the molecule is Cn1nccc1C(=O)C=Cc1ccc(COc2ccc(Cl)cc2Cl)o1. The number of aromatic nitrogens is 2. The second-order valence-corrected chi connectivity index (χ2v) is 6.05.